The Kier molecular flexibility index (Phi) is 24.0. The van der Waals surface area contributed by atoms with E-state index in [1.54, 1.807) is 39.8 Å². The monoisotopic (exact) mass is 965 g/mol. The predicted octanol–water partition coefficient (Wildman–Crippen LogP) is -4.53. The lowest BCUT2D eigenvalue weighted by molar-refractivity contribution is -0.140. The lowest BCUT2D eigenvalue weighted by atomic mass is 9.96. The third-order valence-electron chi connectivity index (χ3n) is 11.1. The summed E-state index contributed by atoms with van der Waals surface area (Å²) in [5, 5.41) is 38.6. The molecule has 25 heteroatoms. The number of likely N-dealkylation sites (N-methyl/N-ethyl adjacent to an activating group) is 1. The summed E-state index contributed by atoms with van der Waals surface area (Å²) >= 11 is -1.80. The van der Waals surface area contributed by atoms with Gasteiger partial charge in [-0.1, -0.05) is 63.8 Å². The van der Waals surface area contributed by atoms with Gasteiger partial charge < -0.3 is 68.8 Å². The van der Waals surface area contributed by atoms with Crippen LogP contribution in [0, 0.1) is 11.8 Å². The first-order valence-corrected chi connectivity index (χ1v) is 23.4. The predicted molar refractivity (Wildman–Crippen MR) is 242 cm³/mol. The number of aliphatic hydroxyl groups is 1. The highest BCUT2D eigenvalue weighted by Crippen LogP contribution is 2.16. The van der Waals surface area contributed by atoms with E-state index < -0.39 is 157 Å². The number of carbonyl (C=O) groups is 10. The Morgan fingerprint density at radius 2 is 1.42 bits per heavy atom. The van der Waals surface area contributed by atoms with Gasteiger partial charge in [0.2, 0.25) is 59.1 Å². The Morgan fingerprint density at radius 3 is 2.00 bits per heavy atom. The van der Waals surface area contributed by atoms with Crippen LogP contribution in [-0.4, -0.2) is 153 Å². The quantitative estimate of drug-likeness (QED) is 0.0617. The summed E-state index contributed by atoms with van der Waals surface area (Å²) in [7, 11) is 1.21. The molecule has 1 aromatic carbocycles. The van der Waals surface area contributed by atoms with Crippen molar-refractivity contribution >= 4 is 70.2 Å². The average molecular weight is 966 g/mol. The molecule has 0 spiro atoms. The van der Waals surface area contributed by atoms with Gasteiger partial charge in [0.25, 0.3) is 0 Å². The summed E-state index contributed by atoms with van der Waals surface area (Å²) in [5.41, 5.74) is 16.5. The number of hydrogen-bond donors (Lipinski definition) is 12. The highest BCUT2D eigenvalue weighted by Gasteiger charge is 2.36. The molecule has 0 aliphatic carbocycles. The maximum atomic E-state index is 14.0. The van der Waals surface area contributed by atoms with Gasteiger partial charge in [-0.15, -0.1) is 0 Å². The molecular weight excluding hydrogens is 899 g/mol. The smallest absolute Gasteiger partial charge is 0.245 e. The van der Waals surface area contributed by atoms with E-state index in [4.69, 9.17) is 17.2 Å². The number of nitrogens with two attached hydrogens (primary N) is 3. The number of carbonyl (C=O) groups excluding carboxylic acids is 10. The van der Waals surface area contributed by atoms with Gasteiger partial charge in [-0.05, 0) is 42.4 Å². The molecule has 0 saturated carbocycles. The molecule has 2 unspecified atom stereocenters. The van der Waals surface area contributed by atoms with Crippen molar-refractivity contribution in [2.75, 3.05) is 31.6 Å². The number of rotatable bonds is 18. The molecule has 1 saturated heterocycles. The molecule has 24 nitrogen and oxygen atoms in total. The van der Waals surface area contributed by atoms with Crippen LogP contribution in [0.4, 0.5) is 0 Å². The van der Waals surface area contributed by atoms with Crippen molar-refractivity contribution in [2.24, 2.45) is 29.0 Å². The number of amides is 10. The highest BCUT2D eigenvalue weighted by molar-refractivity contribution is 7.91. The van der Waals surface area contributed by atoms with Gasteiger partial charge in [0.1, 0.15) is 53.7 Å². The average Bonchev–Trinajstić information content (AvgIpc) is 3.27. The summed E-state index contributed by atoms with van der Waals surface area (Å²) in [5.74, 6) is -10.5. The van der Waals surface area contributed by atoms with Gasteiger partial charge in [-0.2, -0.15) is 0 Å². The van der Waals surface area contributed by atoms with Gasteiger partial charge in [0.05, 0.1) is 25.6 Å². The third kappa shape index (κ3) is 20.2. The molecule has 15 N–H and O–H groups in total. The van der Waals surface area contributed by atoms with E-state index in [0.29, 0.717) is 18.4 Å². The minimum absolute atomic E-state index is 0.0410. The highest BCUT2D eigenvalue weighted by atomic mass is 32.2. The number of nitrogens with zero attached hydrogens (tertiary/aromatic N) is 1. The van der Waals surface area contributed by atoms with E-state index in [2.05, 4.69) is 37.2 Å². The number of benzene rings is 1. The molecular formula is C42H67N11O13S. The third-order valence-corrected chi connectivity index (χ3v) is 12.5. The van der Waals surface area contributed by atoms with E-state index in [1.807, 2.05) is 0 Å². The van der Waals surface area contributed by atoms with Crippen LogP contribution < -0.4 is 54.4 Å². The molecule has 10 atom stereocenters. The molecule has 1 aromatic rings. The fourth-order valence-corrected chi connectivity index (χ4v) is 7.94. The normalized spacial score (nSPS) is 23.9. The van der Waals surface area contributed by atoms with Crippen molar-refractivity contribution in [3.8, 4) is 5.75 Å². The molecule has 374 valence electrons. The number of hydrogen-bond acceptors (Lipinski definition) is 14. The molecule has 1 fully saturated rings. The lowest BCUT2D eigenvalue weighted by Gasteiger charge is -2.30. The van der Waals surface area contributed by atoms with Crippen LogP contribution in [0.15, 0.2) is 24.3 Å². The standard InChI is InChI=1S/C42H67N11O13S/c1-6-22(3)35(40(63)46-20-32(45)57)51-34(59)21-53(5)42(65)27-14-16-67(66)17-15-33(58)47-28(18-24-8-10-25(54)11-9-24)39(62)52-36(23(4)7-2)41(64)48-26(12-13-30(43)55)37(60)50-29(19-31(44)56)38(61)49-27/h8-11,22-23,26-29,33,35-36,47,54,58H,6-7,12-21H2,1-5H3,(H2,43,55)(H2,44,56)(H2,45,57)(H,46,63)(H,48,64)(H,49,61)(H,50,60)(H,51,59)(H,52,62)/t22-,23-,26-,27-,28+,29-,33?,35-,36-,67?/m0/s1. The summed E-state index contributed by atoms with van der Waals surface area (Å²) in [6.45, 7) is 5.67. The van der Waals surface area contributed by atoms with Crippen LogP contribution in [0.3, 0.4) is 0 Å². The van der Waals surface area contributed by atoms with Crippen LogP contribution in [0.25, 0.3) is 0 Å². The zero-order valence-electron chi connectivity index (χ0n) is 38.5. The summed E-state index contributed by atoms with van der Waals surface area (Å²) in [6.07, 6.45) is -2.94. The minimum Gasteiger partial charge on any atom is -0.616 e. The molecule has 1 aliphatic heterocycles. The van der Waals surface area contributed by atoms with Crippen LogP contribution in [0.5, 0.6) is 5.75 Å². The zero-order chi connectivity index (χ0) is 50.5. The largest absolute Gasteiger partial charge is 0.616 e. The molecule has 2 rings (SSSR count). The minimum atomic E-state index is -1.80. The SMILES string of the molecule is CC[C@H](C)[C@H](NC(=O)CN(C)C(=O)[C@@H]1CC[S+]([O-])CCC(O)N[C@H](Cc2ccc(O)cc2)C(=O)N[C@@H]([C@@H](C)CC)C(=O)N[C@@H](CCC(N)=O)C(=O)N[C@@H](CC(N)=O)C(=O)N1)C(=O)NCC(N)=O. The molecule has 1 heterocycles. The molecule has 0 bridgehead atoms. The van der Waals surface area contributed by atoms with E-state index in [1.165, 1.54) is 19.2 Å². The van der Waals surface area contributed by atoms with Crippen molar-refractivity contribution in [3.63, 3.8) is 0 Å². The number of aromatic hydroxyl groups is 1. The number of primary amides is 3. The second-order valence-electron chi connectivity index (χ2n) is 16.6. The Labute approximate surface area is 391 Å². The molecule has 0 aromatic heterocycles. The van der Waals surface area contributed by atoms with Crippen LogP contribution >= 0.6 is 0 Å². The van der Waals surface area contributed by atoms with E-state index in [9.17, 15) is 62.7 Å². The summed E-state index contributed by atoms with van der Waals surface area (Å²) in [4.78, 5) is 132. The molecule has 67 heavy (non-hydrogen) atoms. The maximum absolute atomic E-state index is 14.0. The molecule has 0 radical (unpaired) electrons. The van der Waals surface area contributed by atoms with Gasteiger partial charge in [0, 0.05) is 26.3 Å². The number of phenols is 1. The van der Waals surface area contributed by atoms with Crippen LogP contribution in [0.1, 0.15) is 78.2 Å². The number of phenolic OH excluding ortho intramolecular Hbond substituents is 1. The first kappa shape index (κ1) is 57.1. The maximum Gasteiger partial charge on any atom is 0.245 e. The second kappa shape index (κ2) is 28.2. The van der Waals surface area contributed by atoms with E-state index in [0.717, 1.165) is 4.90 Å². The van der Waals surface area contributed by atoms with Gasteiger partial charge in [-0.25, -0.2) is 0 Å². The van der Waals surface area contributed by atoms with Crippen LogP contribution in [0.2, 0.25) is 0 Å². The summed E-state index contributed by atoms with van der Waals surface area (Å²) < 4.78 is 13.4. The fraction of sp³-hybridized carbons (Fsp3) is 0.619. The van der Waals surface area contributed by atoms with Gasteiger partial charge >= 0.3 is 0 Å². The Hall–Kier alpha value is -6.05. The summed E-state index contributed by atoms with van der Waals surface area (Å²) in [6, 6.07) is -2.72. The topological polar surface area (TPSA) is 400 Å². The zero-order valence-corrected chi connectivity index (χ0v) is 39.3. The van der Waals surface area contributed by atoms with E-state index >= 15 is 0 Å². The fourth-order valence-electron chi connectivity index (χ4n) is 6.75. The van der Waals surface area contributed by atoms with Crippen molar-refractivity contribution in [1.82, 2.24) is 42.1 Å². The molecule has 10 amide bonds. The van der Waals surface area contributed by atoms with Gasteiger partial charge in [-0.3, -0.25) is 53.3 Å². The number of aliphatic hydroxyl groups excluding tert-OH is 1. The van der Waals surface area contributed by atoms with E-state index in [-0.39, 0.29) is 36.5 Å². The Balaban J connectivity index is 2.59. The van der Waals surface area contributed by atoms with Crippen molar-refractivity contribution in [3.05, 3.63) is 29.8 Å². The Bertz CT molecular complexity index is 1910. The first-order chi connectivity index (χ1) is 31.4. The Morgan fingerprint density at radius 1 is 0.821 bits per heavy atom. The van der Waals surface area contributed by atoms with Crippen molar-refractivity contribution in [1.29, 1.82) is 0 Å². The lowest BCUT2D eigenvalue weighted by Crippen LogP contribution is -2.61. The van der Waals surface area contributed by atoms with Crippen molar-refractivity contribution < 1.29 is 62.7 Å². The van der Waals surface area contributed by atoms with Gasteiger partial charge in [0.15, 0.2) is 0 Å². The first-order valence-electron chi connectivity index (χ1n) is 21.9. The molecule has 1 aliphatic rings. The van der Waals surface area contributed by atoms with Crippen molar-refractivity contribution in [2.45, 2.75) is 122 Å². The second-order valence-corrected chi connectivity index (χ2v) is 18.3. The van der Waals surface area contributed by atoms with Crippen LogP contribution in [-0.2, 0) is 65.5 Å². The number of nitrogens with one attached hydrogen (secondary N) is 7.